The van der Waals surface area contributed by atoms with Gasteiger partial charge in [-0.05, 0) is 12.8 Å². The third-order valence-electron chi connectivity index (χ3n) is 2.03. The molecule has 1 unspecified atom stereocenters. The van der Waals surface area contributed by atoms with E-state index >= 15 is 0 Å². The number of aliphatic imine (C=N–C) groups is 1. The van der Waals surface area contributed by atoms with Crippen LogP contribution in [0.1, 0.15) is 25.7 Å². The van der Waals surface area contributed by atoms with E-state index < -0.39 is 36.8 Å². The highest BCUT2D eigenvalue weighted by molar-refractivity contribution is 5.78. The van der Waals surface area contributed by atoms with Gasteiger partial charge in [0.1, 0.15) is 6.04 Å². The minimum Gasteiger partial charge on any atom is -0.481 e. The molecule has 0 rings (SSSR count). The number of hydrogen-bond donors (Lipinski definition) is 4. The molecule has 0 heterocycles. The van der Waals surface area contributed by atoms with Crippen LogP contribution in [-0.2, 0) is 24.2 Å². The van der Waals surface area contributed by atoms with E-state index in [4.69, 9.17) is 22.3 Å². The molecule has 0 saturated heterocycles. The standard InChI is InChI=1S/C10H18N4O6/c11-6(2-1-5-14-10(12)13)9(18)20-19-8(17)4-3-7(15)16/h6H,1-5,11H2,(H,15,16)(H4,12,13,14). The molecule has 0 spiro atoms. The first kappa shape index (κ1) is 17.6. The highest BCUT2D eigenvalue weighted by Gasteiger charge is 2.18. The number of rotatable bonds is 8. The second-order valence-electron chi connectivity index (χ2n) is 3.81. The fourth-order valence-electron chi connectivity index (χ4n) is 1.04. The molecule has 0 aromatic heterocycles. The molecule has 0 aliphatic heterocycles. The van der Waals surface area contributed by atoms with Crippen LogP contribution < -0.4 is 17.2 Å². The van der Waals surface area contributed by atoms with Crippen LogP contribution in [-0.4, -0.2) is 41.6 Å². The van der Waals surface area contributed by atoms with Gasteiger partial charge in [-0.25, -0.2) is 19.4 Å². The Kier molecular flexibility index (Phi) is 8.43. The number of carboxylic acids is 1. The fraction of sp³-hybridized carbons (Fsp3) is 0.600. The molecule has 114 valence electrons. The van der Waals surface area contributed by atoms with E-state index in [9.17, 15) is 14.4 Å². The van der Waals surface area contributed by atoms with Crippen molar-refractivity contribution in [1.29, 1.82) is 0 Å². The number of carbonyl (C=O) groups excluding carboxylic acids is 2. The average Bonchev–Trinajstić information content (AvgIpc) is 2.37. The average molecular weight is 290 g/mol. The third kappa shape index (κ3) is 9.65. The first-order chi connectivity index (χ1) is 9.32. The highest BCUT2D eigenvalue weighted by Crippen LogP contribution is 2.00. The molecular formula is C10H18N4O6. The Labute approximate surface area is 114 Å². The summed E-state index contributed by atoms with van der Waals surface area (Å²) in [5, 5.41) is 8.32. The summed E-state index contributed by atoms with van der Waals surface area (Å²) in [4.78, 5) is 44.4. The van der Waals surface area contributed by atoms with Crippen molar-refractivity contribution in [3.05, 3.63) is 0 Å². The monoisotopic (exact) mass is 290 g/mol. The lowest BCUT2D eigenvalue weighted by Crippen LogP contribution is -2.33. The van der Waals surface area contributed by atoms with Crippen molar-refractivity contribution in [3.63, 3.8) is 0 Å². The van der Waals surface area contributed by atoms with Crippen LogP contribution in [0.3, 0.4) is 0 Å². The summed E-state index contributed by atoms with van der Waals surface area (Å²) in [6, 6.07) is -0.989. The number of hydrogen-bond acceptors (Lipinski definition) is 7. The van der Waals surface area contributed by atoms with Gasteiger partial charge in [0, 0.05) is 6.54 Å². The highest BCUT2D eigenvalue weighted by atomic mass is 17.2. The Bertz CT molecular complexity index is 380. The Morgan fingerprint density at radius 3 is 2.35 bits per heavy atom. The Morgan fingerprint density at radius 1 is 1.15 bits per heavy atom. The summed E-state index contributed by atoms with van der Waals surface area (Å²) >= 11 is 0. The topological polar surface area (TPSA) is 180 Å². The van der Waals surface area contributed by atoms with E-state index in [0.717, 1.165) is 0 Å². The zero-order chi connectivity index (χ0) is 15.5. The molecule has 7 N–H and O–H groups in total. The lowest BCUT2D eigenvalue weighted by Gasteiger charge is -2.08. The van der Waals surface area contributed by atoms with Gasteiger partial charge in [0.05, 0.1) is 12.8 Å². The predicted octanol–water partition coefficient (Wildman–Crippen LogP) is -1.77. The lowest BCUT2D eigenvalue weighted by atomic mass is 10.2. The van der Waals surface area contributed by atoms with Crippen LogP contribution in [0.2, 0.25) is 0 Å². The second-order valence-corrected chi connectivity index (χ2v) is 3.81. The van der Waals surface area contributed by atoms with Crippen LogP contribution in [0.15, 0.2) is 4.99 Å². The zero-order valence-corrected chi connectivity index (χ0v) is 10.8. The molecule has 0 radical (unpaired) electrons. The number of carbonyl (C=O) groups is 3. The van der Waals surface area contributed by atoms with E-state index in [2.05, 4.69) is 14.8 Å². The number of carboxylic acid groups (broad SMARTS) is 1. The molecule has 20 heavy (non-hydrogen) atoms. The molecule has 0 aliphatic carbocycles. The van der Waals surface area contributed by atoms with Gasteiger partial charge in [-0.3, -0.25) is 9.79 Å². The van der Waals surface area contributed by atoms with Crippen LogP contribution in [0.25, 0.3) is 0 Å². The van der Waals surface area contributed by atoms with Gasteiger partial charge in [0.15, 0.2) is 5.96 Å². The molecule has 0 aromatic rings. The SMILES string of the molecule is NC(N)=NCCCC(N)C(=O)OOC(=O)CCC(=O)O. The summed E-state index contributed by atoms with van der Waals surface area (Å²) < 4.78 is 0. The molecule has 1 atom stereocenters. The molecule has 10 heteroatoms. The van der Waals surface area contributed by atoms with Gasteiger partial charge in [-0.2, -0.15) is 0 Å². The zero-order valence-electron chi connectivity index (χ0n) is 10.8. The molecule has 0 aromatic carbocycles. The normalized spacial score (nSPS) is 11.2. The maximum absolute atomic E-state index is 11.3. The molecule has 0 saturated carbocycles. The van der Waals surface area contributed by atoms with Crippen molar-refractivity contribution in [3.8, 4) is 0 Å². The van der Waals surface area contributed by atoms with E-state index in [1.807, 2.05) is 0 Å². The van der Waals surface area contributed by atoms with E-state index in [1.165, 1.54) is 0 Å². The Hall–Kier alpha value is -2.36. The minimum absolute atomic E-state index is 0.0616. The smallest absolute Gasteiger partial charge is 0.372 e. The van der Waals surface area contributed by atoms with E-state index in [0.29, 0.717) is 13.0 Å². The summed E-state index contributed by atoms with van der Waals surface area (Å²) in [5.41, 5.74) is 15.7. The maximum atomic E-state index is 11.3. The molecule has 0 amide bonds. The molecule has 0 bridgehead atoms. The quantitative estimate of drug-likeness (QED) is 0.132. The first-order valence-corrected chi connectivity index (χ1v) is 5.77. The maximum Gasteiger partial charge on any atom is 0.372 e. The largest absolute Gasteiger partial charge is 0.481 e. The summed E-state index contributed by atoms with van der Waals surface area (Å²) in [6.45, 7) is 0.307. The Balaban J connectivity index is 3.82. The van der Waals surface area contributed by atoms with Gasteiger partial charge in [0.25, 0.3) is 0 Å². The van der Waals surface area contributed by atoms with E-state index in [-0.39, 0.29) is 12.4 Å². The van der Waals surface area contributed by atoms with Gasteiger partial charge in [-0.1, -0.05) is 0 Å². The van der Waals surface area contributed by atoms with E-state index in [1.54, 1.807) is 0 Å². The van der Waals surface area contributed by atoms with Crippen molar-refractivity contribution in [2.75, 3.05) is 6.54 Å². The predicted molar refractivity (Wildman–Crippen MR) is 66.9 cm³/mol. The van der Waals surface area contributed by atoms with Crippen molar-refractivity contribution in [2.24, 2.45) is 22.2 Å². The molecular weight excluding hydrogens is 272 g/mol. The van der Waals surface area contributed by atoms with Crippen molar-refractivity contribution in [2.45, 2.75) is 31.7 Å². The summed E-state index contributed by atoms with van der Waals surface area (Å²) in [6.07, 6.45) is -0.132. The van der Waals surface area contributed by atoms with Gasteiger partial charge in [-0.15, -0.1) is 0 Å². The van der Waals surface area contributed by atoms with Gasteiger partial charge in [0.2, 0.25) is 0 Å². The van der Waals surface area contributed by atoms with Gasteiger partial charge < -0.3 is 22.3 Å². The van der Waals surface area contributed by atoms with Crippen molar-refractivity contribution < 1.29 is 29.3 Å². The summed E-state index contributed by atoms with van der Waals surface area (Å²) in [5.74, 6) is -3.12. The van der Waals surface area contributed by atoms with Crippen LogP contribution in [0, 0.1) is 0 Å². The van der Waals surface area contributed by atoms with Crippen LogP contribution >= 0.6 is 0 Å². The number of guanidine groups is 1. The first-order valence-electron chi connectivity index (χ1n) is 5.77. The number of nitrogens with two attached hydrogens (primary N) is 3. The fourth-order valence-corrected chi connectivity index (χ4v) is 1.04. The molecule has 0 fully saturated rings. The number of aliphatic carboxylic acids is 1. The number of nitrogens with zero attached hydrogens (tertiary/aromatic N) is 1. The summed E-state index contributed by atoms with van der Waals surface area (Å²) in [7, 11) is 0. The minimum atomic E-state index is -1.16. The lowest BCUT2D eigenvalue weighted by molar-refractivity contribution is -0.260. The second kappa shape index (κ2) is 9.55. The van der Waals surface area contributed by atoms with Crippen molar-refractivity contribution >= 4 is 23.9 Å². The molecule has 10 nitrogen and oxygen atoms in total. The Morgan fingerprint density at radius 2 is 1.80 bits per heavy atom. The van der Waals surface area contributed by atoms with Crippen LogP contribution in [0.5, 0.6) is 0 Å². The molecule has 0 aliphatic rings. The van der Waals surface area contributed by atoms with Crippen molar-refractivity contribution in [1.82, 2.24) is 0 Å². The third-order valence-corrected chi connectivity index (χ3v) is 2.03. The van der Waals surface area contributed by atoms with Gasteiger partial charge >= 0.3 is 17.9 Å². The van der Waals surface area contributed by atoms with Crippen LogP contribution in [0.4, 0.5) is 0 Å².